The van der Waals surface area contributed by atoms with Crippen molar-refractivity contribution in [3.8, 4) is 0 Å². The van der Waals surface area contributed by atoms with E-state index in [4.69, 9.17) is 15.6 Å². The van der Waals surface area contributed by atoms with Gasteiger partial charge in [0, 0.05) is 49.1 Å². The number of amides is 6. The first kappa shape index (κ1) is 51.1. The number of aromatic nitrogens is 3. The van der Waals surface area contributed by atoms with E-state index in [9.17, 15) is 44.1 Å². The molecule has 362 valence electrons. The van der Waals surface area contributed by atoms with Gasteiger partial charge in [0.2, 0.25) is 5.66 Å². The molecule has 2 aromatic carbocycles. The molecular formula is C46H62N10O11. The van der Waals surface area contributed by atoms with Crippen molar-refractivity contribution >= 4 is 41.7 Å². The summed E-state index contributed by atoms with van der Waals surface area (Å²) < 4.78 is 7.04. The van der Waals surface area contributed by atoms with Crippen LogP contribution in [0.1, 0.15) is 115 Å². The van der Waals surface area contributed by atoms with Crippen LogP contribution in [0.4, 0.5) is 20.1 Å². The fourth-order valence-electron chi connectivity index (χ4n) is 8.80. The number of aromatic carboxylic acids is 1. The molecule has 3 atom stereocenters. The zero-order valence-electron chi connectivity index (χ0n) is 38.5. The van der Waals surface area contributed by atoms with Crippen molar-refractivity contribution in [3.63, 3.8) is 0 Å². The van der Waals surface area contributed by atoms with E-state index < -0.39 is 59.4 Å². The highest BCUT2D eigenvalue weighted by molar-refractivity contribution is 5.99. The van der Waals surface area contributed by atoms with Gasteiger partial charge < -0.3 is 57.5 Å². The largest absolute Gasteiger partial charge is 0.481 e. The summed E-state index contributed by atoms with van der Waals surface area (Å²) in [5, 5.41) is 63.6. The zero-order valence-corrected chi connectivity index (χ0v) is 38.5. The van der Waals surface area contributed by atoms with Crippen LogP contribution < -0.4 is 37.6 Å². The Bertz CT molecular complexity index is 2430. The molecule has 1 aliphatic heterocycles. The lowest BCUT2D eigenvalue weighted by atomic mass is 9.64. The van der Waals surface area contributed by atoms with Crippen molar-refractivity contribution in [2.24, 2.45) is 11.7 Å². The van der Waals surface area contributed by atoms with Crippen LogP contribution in [0, 0.1) is 12.8 Å². The summed E-state index contributed by atoms with van der Waals surface area (Å²) in [6, 6.07) is 1.85. The van der Waals surface area contributed by atoms with Crippen molar-refractivity contribution in [2.75, 3.05) is 18.5 Å². The number of allylic oxidation sites excluding steroid dienone is 1. The number of hydrogen-bond acceptors (Lipinski definition) is 12. The average molecular weight is 931 g/mol. The van der Waals surface area contributed by atoms with Gasteiger partial charge >= 0.3 is 30.1 Å². The molecule has 6 amide bonds. The van der Waals surface area contributed by atoms with Crippen LogP contribution in [-0.4, -0.2) is 90.9 Å². The van der Waals surface area contributed by atoms with E-state index in [-0.39, 0.29) is 41.2 Å². The maximum atomic E-state index is 14.6. The lowest BCUT2D eigenvalue weighted by Crippen LogP contribution is -2.65. The fraction of sp³-hybridized carbons (Fsp3) is 0.478. The highest BCUT2D eigenvalue weighted by Gasteiger charge is 2.48. The number of nitrogens with one attached hydrogen (secondary N) is 6. The number of hydrogen-bond donors (Lipinski definition) is 11. The third-order valence-electron chi connectivity index (χ3n) is 12.2. The van der Waals surface area contributed by atoms with Crippen molar-refractivity contribution < 1.29 is 53.9 Å². The van der Waals surface area contributed by atoms with Gasteiger partial charge in [0.1, 0.15) is 0 Å². The predicted octanol–water partition coefficient (Wildman–Crippen LogP) is 3.43. The number of nitrogens with zero attached hydrogens (tertiary/aromatic N) is 3. The second kappa shape index (κ2) is 22.1. The van der Waals surface area contributed by atoms with E-state index in [0.717, 1.165) is 39.1 Å². The molecule has 0 radical (unpaired) electrons. The Morgan fingerprint density at radius 1 is 1.07 bits per heavy atom. The highest BCUT2D eigenvalue weighted by Crippen LogP contribution is 2.47. The molecule has 2 heterocycles. The number of unbranched alkanes of at least 4 members (excludes halogenated alkanes) is 1. The topological polar surface area (TPSA) is 321 Å². The monoisotopic (exact) mass is 930 g/mol. The summed E-state index contributed by atoms with van der Waals surface area (Å²) >= 11 is 0. The second-order valence-corrected chi connectivity index (χ2v) is 17.2. The van der Waals surface area contributed by atoms with Crippen molar-refractivity contribution in [1.82, 2.24) is 41.6 Å². The van der Waals surface area contributed by atoms with Crippen LogP contribution in [0.2, 0.25) is 0 Å². The molecule has 21 nitrogen and oxygen atoms in total. The molecular weight excluding hydrogens is 869 g/mol. The second-order valence-electron chi connectivity index (χ2n) is 17.2. The van der Waals surface area contributed by atoms with Crippen molar-refractivity contribution in [1.29, 1.82) is 0 Å². The smallest absolute Gasteiger partial charge is 0.407 e. The van der Waals surface area contributed by atoms with Crippen LogP contribution in [0.15, 0.2) is 48.3 Å². The van der Waals surface area contributed by atoms with Gasteiger partial charge in [-0.25, -0.2) is 19.2 Å². The minimum Gasteiger partial charge on any atom is -0.481 e. The van der Waals surface area contributed by atoms with Gasteiger partial charge in [-0.2, -0.15) is 0 Å². The standard InChI is InChI=1S/C46H62N10O11/c1-7-31-28(5)34-23-49-46(52-42(47)64,41(63)50-27(4)20-26(3)39(59)60)35-16-15-29(40(61)62)21-36(35)51-43(65)53-45(6)22-33(37(34)45)32(31)14-10-18-56-24-30(54-55-56)13-11-19-67-44(66)48-17-9-8-12-25(2)38(57)58/h15-16,20-21,24-25,39,49,59-60H,3,7-14,17-19,22-23H2,1-2,4-6H3,(H,48,66)(H,50,63)(H,57,58)(H,61,62)(H3,47,52,64)(H2,51,53,65)/b27-20+/t25-,45?,46?/m0/s1. The van der Waals surface area contributed by atoms with E-state index in [1.54, 1.807) is 11.6 Å². The number of aliphatic hydroxyl groups is 2. The van der Waals surface area contributed by atoms with Gasteiger partial charge in [0.05, 0.1) is 35.0 Å². The van der Waals surface area contributed by atoms with Gasteiger partial charge in [0.15, 0.2) is 6.29 Å². The van der Waals surface area contributed by atoms with Gasteiger partial charge in [-0.1, -0.05) is 38.1 Å². The lowest BCUT2D eigenvalue weighted by Gasteiger charge is -2.46. The number of alkyl carbamates (subject to hydrolysis) is 1. The quantitative estimate of drug-likeness (QED) is 0.0415. The number of carboxylic acids is 2. The Morgan fingerprint density at radius 3 is 2.49 bits per heavy atom. The number of carbonyl (C=O) groups excluding carboxylic acids is 4. The third-order valence-corrected chi connectivity index (χ3v) is 12.2. The van der Waals surface area contributed by atoms with E-state index in [0.29, 0.717) is 70.9 Å². The number of aliphatic carboxylic acids is 1. The number of rotatable bonds is 21. The fourth-order valence-corrected chi connectivity index (χ4v) is 8.80. The summed E-state index contributed by atoms with van der Waals surface area (Å²) in [5.74, 6) is -3.47. The number of benzene rings is 2. The van der Waals surface area contributed by atoms with E-state index in [1.807, 2.05) is 27.0 Å². The lowest BCUT2D eigenvalue weighted by molar-refractivity contribution is -0.141. The molecule has 21 heteroatoms. The Balaban J connectivity index is 1.36. The third kappa shape index (κ3) is 12.3. The maximum Gasteiger partial charge on any atom is 0.407 e. The molecule has 0 bridgehead atoms. The molecule has 2 unspecified atom stereocenters. The Morgan fingerprint density at radius 2 is 1.82 bits per heavy atom. The van der Waals surface area contributed by atoms with Gasteiger partial charge in [-0.05, 0) is 117 Å². The number of carboxylic acid groups (broad SMARTS) is 2. The number of urea groups is 2. The number of fused-ring (bicyclic) bond motifs is 1. The van der Waals surface area contributed by atoms with Crippen molar-refractivity contribution in [2.45, 2.75) is 123 Å². The molecule has 12 N–H and O–H groups in total. The molecule has 1 aliphatic carbocycles. The SMILES string of the molecule is C=C(/C=C(\C)NC(=O)C1(NC(N)=O)NCc2c(C)c(CC)c(CCCn3cc(CCCOC(=O)NCCCC[C@H](C)C(=O)O)nn3)c3c2C(C)(C3)NC(=O)Nc2cc(C(=O)O)ccc21)C(O)O. The minimum absolute atomic E-state index is 0.0431. The molecule has 67 heavy (non-hydrogen) atoms. The first-order valence-corrected chi connectivity index (χ1v) is 22.2. The number of anilines is 1. The van der Waals surface area contributed by atoms with E-state index >= 15 is 0 Å². The van der Waals surface area contributed by atoms with Gasteiger partial charge in [-0.3, -0.25) is 19.6 Å². The van der Waals surface area contributed by atoms with Crippen LogP contribution in [0.5, 0.6) is 0 Å². The minimum atomic E-state index is -2.25. The Kier molecular flexibility index (Phi) is 16.9. The molecule has 2 aliphatic rings. The van der Waals surface area contributed by atoms with Gasteiger partial charge in [0.25, 0.3) is 5.91 Å². The average Bonchev–Trinajstić information content (AvgIpc) is 3.70. The first-order valence-electron chi connectivity index (χ1n) is 22.2. The number of nitrogens with two attached hydrogens (primary N) is 1. The molecule has 1 aromatic heterocycles. The Labute approximate surface area is 388 Å². The molecule has 0 saturated heterocycles. The van der Waals surface area contributed by atoms with Crippen LogP contribution in [0.3, 0.4) is 0 Å². The summed E-state index contributed by atoms with van der Waals surface area (Å²) in [4.78, 5) is 76.6. The summed E-state index contributed by atoms with van der Waals surface area (Å²) in [7, 11) is 0. The van der Waals surface area contributed by atoms with Crippen LogP contribution in [0.25, 0.3) is 0 Å². The normalized spacial score (nSPS) is 18.1. The summed E-state index contributed by atoms with van der Waals surface area (Å²) in [6.07, 6.45) is 6.09. The molecule has 3 aromatic rings. The van der Waals surface area contributed by atoms with E-state index in [1.165, 1.54) is 31.2 Å². The maximum absolute atomic E-state index is 14.6. The van der Waals surface area contributed by atoms with Crippen molar-refractivity contribution in [3.05, 3.63) is 98.5 Å². The van der Waals surface area contributed by atoms with E-state index in [2.05, 4.69) is 48.8 Å². The molecule has 5 rings (SSSR count). The molecule has 0 saturated carbocycles. The highest BCUT2D eigenvalue weighted by atomic mass is 16.5. The number of aryl methyl sites for hydroxylation is 2. The summed E-state index contributed by atoms with van der Waals surface area (Å²) in [5.41, 5.74) is 8.67. The van der Waals surface area contributed by atoms with Crippen LogP contribution >= 0.6 is 0 Å². The number of carbonyl (C=O) groups is 6. The predicted molar refractivity (Wildman–Crippen MR) is 244 cm³/mol. The number of ether oxygens (including phenoxy) is 1. The van der Waals surface area contributed by atoms with Crippen LogP contribution in [-0.2, 0) is 64.3 Å². The first-order chi connectivity index (χ1) is 31.7. The zero-order chi connectivity index (χ0) is 49.2. The van der Waals surface area contributed by atoms with Gasteiger partial charge in [-0.15, -0.1) is 5.10 Å². The number of aliphatic hydroxyl groups excluding tert-OH is 1. The Hall–Kier alpha value is -6.84. The molecule has 0 fully saturated rings. The molecule has 0 spiro atoms. The summed E-state index contributed by atoms with van der Waals surface area (Å²) in [6.45, 7) is 13.7. The number of primary amides is 1.